The van der Waals surface area contributed by atoms with Crippen molar-refractivity contribution in [1.82, 2.24) is 10.3 Å². The topological polar surface area (TPSA) is 121 Å². The molecule has 0 saturated carbocycles. The van der Waals surface area contributed by atoms with Crippen LogP contribution in [0.5, 0.6) is 11.5 Å². The van der Waals surface area contributed by atoms with E-state index in [-0.39, 0.29) is 18.0 Å². The summed E-state index contributed by atoms with van der Waals surface area (Å²) in [5.41, 5.74) is 2.83. The molecule has 0 saturated heterocycles. The summed E-state index contributed by atoms with van der Waals surface area (Å²) in [5, 5.41) is 16.0. The van der Waals surface area contributed by atoms with Gasteiger partial charge in [0, 0.05) is 35.4 Å². The lowest BCUT2D eigenvalue weighted by atomic mass is 10.1. The Morgan fingerprint density at radius 1 is 1.11 bits per heavy atom. The van der Waals surface area contributed by atoms with E-state index in [9.17, 15) is 18.3 Å². The van der Waals surface area contributed by atoms with Crippen molar-refractivity contribution in [3.63, 3.8) is 0 Å². The van der Waals surface area contributed by atoms with Gasteiger partial charge in [-0.2, -0.15) is 0 Å². The van der Waals surface area contributed by atoms with Gasteiger partial charge < -0.3 is 24.9 Å². The number of aromatic nitrogens is 1. The van der Waals surface area contributed by atoms with E-state index < -0.39 is 28.6 Å². The van der Waals surface area contributed by atoms with Gasteiger partial charge >= 0.3 is 5.97 Å². The van der Waals surface area contributed by atoms with Gasteiger partial charge in [-0.15, -0.1) is 0 Å². The number of nitrogens with one attached hydrogen (secondary N) is 2. The number of nitrogens with zero attached hydrogens (tertiary/aromatic N) is 1. The van der Waals surface area contributed by atoms with Crippen LogP contribution in [0.3, 0.4) is 0 Å². The van der Waals surface area contributed by atoms with Crippen LogP contribution in [0.4, 0.5) is 5.69 Å². The van der Waals surface area contributed by atoms with Crippen molar-refractivity contribution in [1.29, 1.82) is 0 Å². The fourth-order valence-electron chi connectivity index (χ4n) is 4.20. The molecule has 0 bridgehead atoms. The first-order chi connectivity index (χ1) is 16.8. The fraction of sp³-hybridized carbons (Fsp3) is 0.240. The SMILES string of the molecule is CS(=O)(=O)N1CC(=O)Oc2ccc([C@@H](O)CNCCOc3ccc4c(c3)[nH]c3ccccc34)cc21. The van der Waals surface area contributed by atoms with Crippen molar-refractivity contribution >= 4 is 43.5 Å². The van der Waals surface area contributed by atoms with Crippen molar-refractivity contribution < 1.29 is 27.8 Å². The average Bonchev–Trinajstić information content (AvgIpc) is 3.20. The molecule has 1 atom stereocenters. The molecule has 4 aromatic rings. The van der Waals surface area contributed by atoms with Gasteiger partial charge in [-0.25, -0.2) is 13.2 Å². The Balaban J connectivity index is 1.17. The minimum absolute atomic E-state index is 0.149. The number of H-pyrrole nitrogens is 1. The molecule has 3 aromatic carbocycles. The third-order valence-electron chi connectivity index (χ3n) is 5.90. The number of fused-ring (bicyclic) bond motifs is 4. The van der Waals surface area contributed by atoms with Gasteiger partial charge in [-0.05, 0) is 35.9 Å². The van der Waals surface area contributed by atoms with E-state index in [1.165, 1.54) is 17.5 Å². The molecule has 0 amide bonds. The summed E-state index contributed by atoms with van der Waals surface area (Å²) in [6.45, 7) is 0.743. The summed E-state index contributed by atoms with van der Waals surface area (Å²) in [6, 6.07) is 18.7. The maximum atomic E-state index is 12.1. The second-order valence-corrected chi connectivity index (χ2v) is 10.3. The van der Waals surface area contributed by atoms with Gasteiger partial charge in [-0.3, -0.25) is 4.31 Å². The van der Waals surface area contributed by atoms with Gasteiger partial charge in [0.05, 0.1) is 23.6 Å². The first kappa shape index (κ1) is 23.2. The smallest absolute Gasteiger partial charge is 0.332 e. The lowest BCUT2D eigenvalue weighted by molar-refractivity contribution is -0.133. The Labute approximate surface area is 202 Å². The molecule has 35 heavy (non-hydrogen) atoms. The second-order valence-electron chi connectivity index (χ2n) is 8.42. The number of ether oxygens (including phenoxy) is 2. The van der Waals surface area contributed by atoms with Crippen LogP contribution >= 0.6 is 0 Å². The highest BCUT2D eigenvalue weighted by atomic mass is 32.2. The molecule has 0 unspecified atom stereocenters. The average molecular weight is 496 g/mol. The van der Waals surface area contributed by atoms with Crippen LogP contribution < -0.4 is 19.1 Å². The minimum Gasteiger partial charge on any atom is -0.492 e. The van der Waals surface area contributed by atoms with Gasteiger partial charge in [0.15, 0.2) is 5.75 Å². The molecule has 10 heteroatoms. The van der Waals surface area contributed by atoms with E-state index in [1.807, 2.05) is 36.4 Å². The van der Waals surface area contributed by atoms with Crippen molar-refractivity contribution in [3.05, 3.63) is 66.2 Å². The summed E-state index contributed by atoms with van der Waals surface area (Å²) in [7, 11) is -3.67. The molecule has 0 aliphatic carbocycles. The molecule has 0 spiro atoms. The van der Waals surface area contributed by atoms with E-state index in [1.54, 1.807) is 6.07 Å². The number of anilines is 1. The van der Waals surface area contributed by atoms with E-state index in [2.05, 4.69) is 16.4 Å². The van der Waals surface area contributed by atoms with Crippen molar-refractivity contribution in [2.24, 2.45) is 0 Å². The predicted octanol–water partition coefficient (Wildman–Crippen LogP) is 2.71. The molecule has 1 aliphatic rings. The standard InChI is InChI=1S/C25H25N3O6S/c1-35(31,32)28-15-25(30)34-24-9-6-16(12-22(24)28)23(29)14-26-10-11-33-17-7-8-19-18-4-2-3-5-20(18)27-21(19)13-17/h2-9,12-13,23,26-27,29H,10-11,14-15H2,1H3/t23-/m0/s1. The largest absolute Gasteiger partial charge is 0.492 e. The Bertz CT molecular complexity index is 1510. The van der Waals surface area contributed by atoms with Crippen molar-refractivity contribution in [3.8, 4) is 11.5 Å². The third kappa shape index (κ3) is 4.81. The Kier molecular flexibility index (Phi) is 6.10. The zero-order valence-electron chi connectivity index (χ0n) is 19.0. The van der Waals surface area contributed by atoms with E-state index in [0.29, 0.717) is 18.7 Å². The first-order valence-corrected chi connectivity index (χ1v) is 13.0. The highest BCUT2D eigenvalue weighted by molar-refractivity contribution is 7.92. The molecule has 9 nitrogen and oxygen atoms in total. The molecular weight excluding hydrogens is 470 g/mol. The highest BCUT2D eigenvalue weighted by Crippen LogP contribution is 2.35. The maximum Gasteiger partial charge on any atom is 0.332 e. The Hall–Kier alpha value is -3.60. The van der Waals surface area contributed by atoms with Crippen molar-refractivity contribution in [2.45, 2.75) is 6.10 Å². The Morgan fingerprint density at radius 3 is 2.74 bits per heavy atom. The number of sulfonamides is 1. The first-order valence-electron chi connectivity index (χ1n) is 11.1. The second kappa shape index (κ2) is 9.21. The molecule has 1 aliphatic heterocycles. The van der Waals surface area contributed by atoms with Gasteiger partial charge in [0.1, 0.15) is 18.9 Å². The number of carbonyl (C=O) groups is 1. The number of aromatic amines is 1. The number of hydrogen-bond acceptors (Lipinski definition) is 7. The van der Waals surface area contributed by atoms with E-state index in [0.717, 1.165) is 32.7 Å². The van der Waals surface area contributed by atoms with E-state index in [4.69, 9.17) is 9.47 Å². The maximum absolute atomic E-state index is 12.1. The van der Waals surface area contributed by atoms with Crippen LogP contribution in [0.2, 0.25) is 0 Å². The summed E-state index contributed by atoms with van der Waals surface area (Å²) >= 11 is 0. The lowest BCUT2D eigenvalue weighted by Gasteiger charge is -2.28. The summed E-state index contributed by atoms with van der Waals surface area (Å²) < 4.78 is 36.1. The molecule has 5 rings (SSSR count). The number of carbonyl (C=O) groups excluding carboxylic acids is 1. The molecular formula is C25H25N3O6S. The van der Waals surface area contributed by atoms with Crippen LogP contribution in [-0.4, -0.2) is 57.0 Å². The monoisotopic (exact) mass is 495 g/mol. The van der Waals surface area contributed by atoms with Gasteiger partial charge in [-0.1, -0.05) is 24.3 Å². The number of benzene rings is 3. The van der Waals surface area contributed by atoms with Crippen LogP contribution in [-0.2, 0) is 14.8 Å². The number of aliphatic hydroxyl groups excluding tert-OH is 1. The van der Waals surface area contributed by atoms with Crippen LogP contribution in [0.15, 0.2) is 60.7 Å². The quantitative estimate of drug-likeness (QED) is 0.195. The van der Waals surface area contributed by atoms with Crippen LogP contribution in [0.1, 0.15) is 11.7 Å². The number of aliphatic hydroxyl groups is 1. The van der Waals surface area contributed by atoms with Gasteiger partial charge in [0.2, 0.25) is 10.0 Å². The summed E-state index contributed by atoms with van der Waals surface area (Å²) in [6.07, 6.45) is 0.137. The molecule has 0 radical (unpaired) electrons. The predicted molar refractivity (Wildman–Crippen MR) is 133 cm³/mol. The summed E-state index contributed by atoms with van der Waals surface area (Å²) in [4.78, 5) is 15.1. The Morgan fingerprint density at radius 2 is 1.91 bits per heavy atom. The third-order valence-corrected chi connectivity index (χ3v) is 7.02. The molecule has 0 fully saturated rings. The number of para-hydroxylation sites is 1. The number of hydrogen-bond donors (Lipinski definition) is 3. The van der Waals surface area contributed by atoms with Crippen LogP contribution in [0, 0.1) is 0 Å². The minimum atomic E-state index is -3.67. The number of rotatable bonds is 8. The number of esters is 1. The fourth-order valence-corrected chi connectivity index (χ4v) is 5.04. The molecule has 182 valence electrons. The normalized spacial score (nSPS) is 14.7. The zero-order valence-corrected chi connectivity index (χ0v) is 19.8. The lowest BCUT2D eigenvalue weighted by Crippen LogP contribution is -2.40. The van der Waals surface area contributed by atoms with Crippen LogP contribution in [0.25, 0.3) is 21.8 Å². The zero-order chi connectivity index (χ0) is 24.6. The highest BCUT2D eigenvalue weighted by Gasteiger charge is 2.30. The molecule has 1 aromatic heterocycles. The molecule has 2 heterocycles. The molecule has 3 N–H and O–H groups in total. The van der Waals surface area contributed by atoms with Crippen molar-refractivity contribution in [2.75, 3.05) is 36.8 Å². The van der Waals surface area contributed by atoms with E-state index >= 15 is 0 Å². The summed E-state index contributed by atoms with van der Waals surface area (Å²) in [5.74, 6) is 0.244. The van der Waals surface area contributed by atoms with Gasteiger partial charge in [0.25, 0.3) is 0 Å².